The average molecular weight is 320 g/mol. The van der Waals surface area contributed by atoms with Crippen LogP contribution in [0.1, 0.15) is 40.2 Å². The van der Waals surface area contributed by atoms with Crippen molar-refractivity contribution in [1.29, 1.82) is 0 Å². The van der Waals surface area contributed by atoms with Crippen LogP contribution in [0.2, 0.25) is 0 Å². The van der Waals surface area contributed by atoms with Gasteiger partial charge in [-0.3, -0.25) is 4.79 Å². The van der Waals surface area contributed by atoms with Crippen molar-refractivity contribution >= 4 is 5.78 Å². The number of carbonyl (C=O) groups excluding carboxylic acids is 1. The SMILES string of the molecule is NCc1cccc(C2CCN(/C=C/C(=O)c3ccccc3)CC2)c1. The van der Waals surface area contributed by atoms with Crippen LogP contribution in [0.25, 0.3) is 0 Å². The molecule has 3 rings (SSSR count). The zero-order valence-corrected chi connectivity index (χ0v) is 13.9. The van der Waals surface area contributed by atoms with E-state index in [2.05, 4.69) is 29.2 Å². The molecule has 3 heteroatoms. The minimum atomic E-state index is 0.0633. The molecule has 0 bridgehead atoms. The fourth-order valence-corrected chi connectivity index (χ4v) is 3.23. The van der Waals surface area contributed by atoms with E-state index in [-0.39, 0.29) is 5.78 Å². The van der Waals surface area contributed by atoms with Gasteiger partial charge < -0.3 is 10.6 Å². The van der Waals surface area contributed by atoms with Crippen LogP contribution in [0.4, 0.5) is 0 Å². The number of ketones is 1. The molecule has 0 unspecified atom stereocenters. The maximum Gasteiger partial charge on any atom is 0.187 e. The first-order chi connectivity index (χ1) is 11.8. The summed E-state index contributed by atoms with van der Waals surface area (Å²) in [6, 6.07) is 18.0. The fourth-order valence-electron chi connectivity index (χ4n) is 3.23. The largest absolute Gasteiger partial charge is 0.377 e. The predicted octanol–water partition coefficient (Wildman–Crippen LogP) is 3.72. The number of piperidine rings is 1. The van der Waals surface area contributed by atoms with Gasteiger partial charge in [-0.25, -0.2) is 0 Å². The molecule has 0 atom stereocenters. The van der Waals surface area contributed by atoms with E-state index in [1.165, 1.54) is 11.1 Å². The first-order valence-electron chi connectivity index (χ1n) is 8.57. The van der Waals surface area contributed by atoms with Gasteiger partial charge in [0.25, 0.3) is 0 Å². The summed E-state index contributed by atoms with van der Waals surface area (Å²) in [5, 5.41) is 0. The highest BCUT2D eigenvalue weighted by molar-refractivity contribution is 6.04. The molecular formula is C21H24N2O. The minimum Gasteiger partial charge on any atom is -0.377 e. The molecule has 1 saturated heterocycles. The molecular weight excluding hydrogens is 296 g/mol. The molecule has 2 aromatic rings. The average Bonchev–Trinajstić information content (AvgIpc) is 2.67. The van der Waals surface area contributed by atoms with Gasteiger partial charge in [0.15, 0.2) is 5.78 Å². The zero-order valence-electron chi connectivity index (χ0n) is 13.9. The van der Waals surface area contributed by atoms with Crippen molar-refractivity contribution in [2.75, 3.05) is 13.1 Å². The Kier molecular flexibility index (Phi) is 5.44. The first-order valence-corrected chi connectivity index (χ1v) is 8.57. The van der Waals surface area contributed by atoms with Gasteiger partial charge in [0, 0.05) is 37.5 Å². The molecule has 1 aliphatic rings. The number of likely N-dealkylation sites (tertiary alicyclic amines) is 1. The van der Waals surface area contributed by atoms with Crippen LogP contribution in [0.5, 0.6) is 0 Å². The summed E-state index contributed by atoms with van der Waals surface area (Å²) in [4.78, 5) is 14.4. The molecule has 3 nitrogen and oxygen atoms in total. The first kappa shape index (κ1) is 16.5. The number of carbonyl (C=O) groups is 1. The van der Waals surface area contributed by atoms with Crippen LogP contribution in [0.3, 0.4) is 0 Å². The molecule has 1 fully saturated rings. The summed E-state index contributed by atoms with van der Waals surface area (Å²) < 4.78 is 0. The number of rotatable bonds is 5. The molecule has 0 aliphatic carbocycles. The Morgan fingerprint density at radius 1 is 1.08 bits per heavy atom. The molecule has 0 spiro atoms. The van der Waals surface area contributed by atoms with Crippen molar-refractivity contribution in [3.8, 4) is 0 Å². The number of nitrogens with two attached hydrogens (primary N) is 1. The molecule has 1 aliphatic heterocycles. The molecule has 0 aromatic heterocycles. The van der Waals surface area contributed by atoms with E-state index in [4.69, 9.17) is 5.73 Å². The van der Waals surface area contributed by atoms with Crippen molar-refractivity contribution < 1.29 is 4.79 Å². The number of hydrogen-bond acceptors (Lipinski definition) is 3. The Hall–Kier alpha value is -2.39. The number of hydrogen-bond donors (Lipinski definition) is 1. The van der Waals surface area contributed by atoms with Crippen LogP contribution in [-0.2, 0) is 6.54 Å². The Bertz CT molecular complexity index is 701. The summed E-state index contributed by atoms with van der Waals surface area (Å²) in [5.41, 5.74) is 9.06. The Morgan fingerprint density at radius 3 is 2.54 bits per heavy atom. The second-order valence-electron chi connectivity index (χ2n) is 6.31. The van der Waals surface area contributed by atoms with Gasteiger partial charge in [-0.15, -0.1) is 0 Å². The van der Waals surface area contributed by atoms with E-state index < -0.39 is 0 Å². The van der Waals surface area contributed by atoms with Crippen molar-refractivity contribution in [2.45, 2.75) is 25.3 Å². The fraction of sp³-hybridized carbons (Fsp3) is 0.286. The summed E-state index contributed by atoms with van der Waals surface area (Å²) in [5.74, 6) is 0.652. The Labute approximate surface area is 143 Å². The normalized spacial score (nSPS) is 15.8. The van der Waals surface area contributed by atoms with Crippen LogP contribution in [0.15, 0.2) is 66.9 Å². The monoisotopic (exact) mass is 320 g/mol. The second kappa shape index (κ2) is 7.93. The molecule has 1 heterocycles. The molecule has 124 valence electrons. The Morgan fingerprint density at radius 2 is 1.83 bits per heavy atom. The van der Waals surface area contributed by atoms with Gasteiger partial charge in [-0.2, -0.15) is 0 Å². The molecule has 0 saturated carbocycles. The van der Waals surface area contributed by atoms with Crippen molar-refractivity contribution in [1.82, 2.24) is 4.90 Å². The summed E-state index contributed by atoms with van der Waals surface area (Å²) in [7, 11) is 0. The van der Waals surface area contributed by atoms with E-state index in [9.17, 15) is 4.79 Å². The third kappa shape index (κ3) is 4.12. The standard InChI is InChI=1S/C21H24N2O/c22-16-17-5-4-8-20(15-17)18-9-12-23(13-10-18)14-11-21(24)19-6-2-1-3-7-19/h1-8,11,14-15,18H,9-10,12-13,16,22H2/b14-11+. The highest BCUT2D eigenvalue weighted by Crippen LogP contribution is 2.28. The lowest BCUT2D eigenvalue weighted by atomic mass is 9.88. The third-order valence-corrected chi connectivity index (χ3v) is 4.68. The number of benzene rings is 2. The van der Waals surface area contributed by atoms with Crippen LogP contribution in [-0.4, -0.2) is 23.8 Å². The van der Waals surface area contributed by atoms with Crippen molar-refractivity contribution in [2.24, 2.45) is 5.73 Å². The van der Waals surface area contributed by atoms with E-state index in [0.29, 0.717) is 12.5 Å². The van der Waals surface area contributed by atoms with E-state index >= 15 is 0 Å². The van der Waals surface area contributed by atoms with Gasteiger partial charge in [0.1, 0.15) is 0 Å². The molecule has 0 radical (unpaired) electrons. The number of nitrogens with zero attached hydrogens (tertiary/aromatic N) is 1. The van der Waals surface area contributed by atoms with Gasteiger partial charge in [-0.1, -0.05) is 54.6 Å². The molecule has 2 aromatic carbocycles. The number of allylic oxidation sites excluding steroid dienone is 1. The Balaban J connectivity index is 1.55. The van der Waals surface area contributed by atoms with Crippen molar-refractivity contribution in [3.05, 3.63) is 83.6 Å². The maximum absolute atomic E-state index is 12.1. The second-order valence-corrected chi connectivity index (χ2v) is 6.31. The maximum atomic E-state index is 12.1. The lowest BCUT2D eigenvalue weighted by Gasteiger charge is -2.31. The lowest BCUT2D eigenvalue weighted by molar-refractivity contribution is 0.104. The highest BCUT2D eigenvalue weighted by atomic mass is 16.1. The minimum absolute atomic E-state index is 0.0633. The van der Waals surface area contributed by atoms with Crippen LogP contribution < -0.4 is 5.73 Å². The predicted molar refractivity (Wildman–Crippen MR) is 97.8 cm³/mol. The van der Waals surface area contributed by atoms with Crippen molar-refractivity contribution in [3.63, 3.8) is 0 Å². The lowest BCUT2D eigenvalue weighted by Crippen LogP contribution is -2.28. The van der Waals surface area contributed by atoms with Gasteiger partial charge >= 0.3 is 0 Å². The highest BCUT2D eigenvalue weighted by Gasteiger charge is 2.19. The van der Waals surface area contributed by atoms with E-state index in [1.807, 2.05) is 36.5 Å². The van der Waals surface area contributed by atoms with E-state index in [1.54, 1.807) is 6.08 Å². The molecule has 24 heavy (non-hydrogen) atoms. The summed E-state index contributed by atoms with van der Waals surface area (Å²) in [6.07, 6.45) is 5.85. The molecule has 2 N–H and O–H groups in total. The zero-order chi connectivity index (χ0) is 16.8. The topological polar surface area (TPSA) is 46.3 Å². The van der Waals surface area contributed by atoms with Crippen LogP contribution in [0, 0.1) is 0 Å². The quantitative estimate of drug-likeness (QED) is 0.674. The van der Waals surface area contributed by atoms with Gasteiger partial charge in [-0.05, 0) is 29.9 Å². The van der Waals surface area contributed by atoms with Gasteiger partial charge in [0.2, 0.25) is 0 Å². The third-order valence-electron chi connectivity index (χ3n) is 4.68. The smallest absolute Gasteiger partial charge is 0.187 e. The van der Waals surface area contributed by atoms with E-state index in [0.717, 1.165) is 31.5 Å². The summed E-state index contributed by atoms with van der Waals surface area (Å²) >= 11 is 0. The summed E-state index contributed by atoms with van der Waals surface area (Å²) in [6.45, 7) is 2.56. The molecule has 0 amide bonds. The van der Waals surface area contributed by atoms with Crippen LogP contribution >= 0.6 is 0 Å². The van der Waals surface area contributed by atoms with Gasteiger partial charge in [0.05, 0.1) is 0 Å².